The number of aromatic nitrogens is 2. The molecular weight excluding hydrogens is 433 g/mol. The highest BCUT2D eigenvalue weighted by molar-refractivity contribution is 6.28. The molecule has 0 unspecified atom stereocenters. The Morgan fingerprint density at radius 3 is 2.16 bits per heavy atom. The van der Waals surface area contributed by atoms with Crippen molar-refractivity contribution < 1.29 is 22.8 Å². The van der Waals surface area contributed by atoms with E-state index in [0.717, 1.165) is 6.07 Å². The van der Waals surface area contributed by atoms with Crippen molar-refractivity contribution in [2.45, 2.75) is 20.0 Å². The number of carbonyl (C=O) groups is 2. The molecule has 160 valence electrons. The maximum Gasteiger partial charge on any atom is 0.416 e. The van der Waals surface area contributed by atoms with Gasteiger partial charge in [0.25, 0.3) is 11.8 Å². The van der Waals surface area contributed by atoms with Crippen LogP contribution in [0.2, 0.25) is 5.28 Å². The second-order valence-electron chi connectivity index (χ2n) is 6.65. The van der Waals surface area contributed by atoms with E-state index in [9.17, 15) is 22.8 Å². The van der Waals surface area contributed by atoms with Crippen LogP contribution in [0.1, 0.15) is 37.4 Å². The first-order chi connectivity index (χ1) is 14.6. The number of alkyl halides is 3. The number of nitrogens with zero attached hydrogens (tertiary/aromatic N) is 2. The lowest BCUT2D eigenvalue weighted by Gasteiger charge is -2.14. The smallest absolute Gasteiger partial charge is 0.322 e. The molecule has 0 aliphatic heterocycles. The van der Waals surface area contributed by atoms with Crippen molar-refractivity contribution in [3.05, 3.63) is 81.9 Å². The fraction of sp³-hybridized carbons (Fsp3) is 0.143. The highest BCUT2D eigenvalue weighted by atomic mass is 35.5. The van der Waals surface area contributed by atoms with Gasteiger partial charge in [0.15, 0.2) is 0 Å². The molecule has 2 N–H and O–H groups in total. The summed E-state index contributed by atoms with van der Waals surface area (Å²) < 4.78 is 39.3. The summed E-state index contributed by atoms with van der Waals surface area (Å²) in [5.41, 5.74) is 0.288. The summed E-state index contributed by atoms with van der Waals surface area (Å²) in [6.07, 6.45) is -1.89. The van der Waals surface area contributed by atoms with E-state index in [0.29, 0.717) is 11.3 Å². The Morgan fingerprint density at radius 2 is 1.52 bits per heavy atom. The fourth-order valence-electron chi connectivity index (χ4n) is 2.91. The van der Waals surface area contributed by atoms with Crippen molar-refractivity contribution in [1.82, 2.24) is 9.97 Å². The van der Waals surface area contributed by atoms with Crippen LogP contribution in [0.4, 0.5) is 24.5 Å². The Balaban J connectivity index is 1.83. The number of carbonyl (C=O) groups excluding carboxylic acids is 2. The Labute approximate surface area is 180 Å². The number of benzene rings is 2. The summed E-state index contributed by atoms with van der Waals surface area (Å²) in [7, 11) is 0. The quantitative estimate of drug-likeness (QED) is 0.532. The minimum Gasteiger partial charge on any atom is -0.322 e. The average molecular weight is 449 g/mol. The molecule has 0 aliphatic carbocycles. The summed E-state index contributed by atoms with van der Waals surface area (Å²) in [6.45, 7) is 2.94. The standard InChI is InChI=1S/C21H16ClF3N4O2/c1-11-6-7-13(8-16(11)19(31)29-14-9-26-20(22)27-10-14)28-18(30)15-4-3-5-17(12(15)2)21(23,24)25/h3-10H,1-2H3,(H,28,30)(H,29,31). The summed E-state index contributed by atoms with van der Waals surface area (Å²) in [6, 6.07) is 8.00. The molecule has 0 atom stereocenters. The molecule has 0 bridgehead atoms. The molecule has 6 nitrogen and oxygen atoms in total. The van der Waals surface area contributed by atoms with Crippen LogP contribution in [0.25, 0.3) is 0 Å². The van der Waals surface area contributed by atoms with Gasteiger partial charge < -0.3 is 10.6 Å². The van der Waals surface area contributed by atoms with E-state index < -0.39 is 23.6 Å². The van der Waals surface area contributed by atoms with E-state index in [1.807, 2.05) is 0 Å². The second-order valence-corrected chi connectivity index (χ2v) is 6.99. The van der Waals surface area contributed by atoms with Gasteiger partial charge in [0.1, 0.15) is 0 Å². The van der Waals surface area contributed by atoms with Crippen molar-refractivity contribution in [3.8, 4) is 0 Å². The Morgan fingerprint density at radius 1 is 0.903 bits per heavy atom. The van der Waals surface area contributed by atoms with Crippen LogP contribution in [0.5, 0.6) is 0 Å². The van der Waals surface area contributed by atoms with Crippen LogP contribution in [0.15, 0.2) is 48.8 Å². The number of rotatable bonds is 4. The van der Waals surface area contributed by atoms with Gasteiger partial charge in [0.05, 0.1) is 23.6 Å². The van der Waals surface area contributed by atoms with Gasteiger partial charge in [0.2, 0.25) is 5.28 Å². The fourth-order valence-corrected chi connectivity index (χ4v) is 3.00. The Kier molecular flexibility index (Phi) is 6.26. The maximum atomic E-state index is 13.1. The van der Waals surface area contributed by atoms with E-state index in [2.05, 4.69) is 20.6 Å². The monoisotopic (exact) mass is 448 g/mol. The van der Waals surface area contributed by atoms with Crippen LogP contribution in [0.3, 0.4) is 0 Å². The predicted octanol–water partition coefficient (Wildman–Crippen LogP) is 5.27. The molecule has 0 radical (unpaired) electrons. The molecule has 0 spiro atoms. The molecule has 1 heterocycles. The second kappa shape index (κ2) is 8.73. The van der Waals surface area contributed by atoms with Gasteiger partial charge in [-0.15, -0.1) is 0 Å². The van der Waals surface area contributed by atoms with Crippen molar-refractivity contribution in [3.63, 3.8) is 0 Å². The van der Waals surface area contributed by atoms with Gasteiger partial charge in [-0.25, -0.2) is 9.97 Å². The summed E-state index contributed by atoms with van der Waals surface area (Å²) in [4.78, 5) is 32.7. The van der Waals surface area contributed by atoms with Crippen LogP contribution in [-0.2, 0) is 6.18 Å². The molecule has 0 fully saturated rings. The maximum absolute atomic E-state index is 13.1. The van der Waals surface area contributed by atoms with Gasteiger partial charge in [0, 0.05) is 16.8 Å². The third-order valence-corrected chi connectivity index (χ3v) is 4.70. The van der Waals surface area contributed by atoms with Crippen molar-refractivity contribution >= 4 is 34.8 Å². The zero-order chi connectivity index (χ0) is 22.8. The zero-order valence-electron chi connectivity index (χ0n) is 16.3. The first-order valence-electron chi connectivity index (χ1n) is 8.94. The molecule has 0 aliphatic rings. The highest BCUT2D eigenvalue weighted by Gasteiger charge is 2.33. The van der Waals surface area contributed by atoms with E-state index in [1.165, 1.54) is 37.5 Å². The number of amides is 2. The third kappa shape index (κ3) is 5.18. The van der Waals surface area contributed by atoms with Crippen molar-refractivity contribution in [2.75, 3.05) is 10.6 Å². The topological polar surface area (TPSA) is 84.0 Å². The molecule has 3 aromatic rings. The van der Waals surface area contributed by atoms with E-state index >= 15 is 0 Å². The van der Waals surface area contributed by atoms with Crippen molar-refractivity contribution in [1.29, 1.82) is 0 Å². The molecule has 0 saturated carbocycles. The third-order valence-electron chi connectivity index (χ3n) is 4.50. The minimum atomic E-state index is -4.57. The van der Waals surface area contributed by atoms with Gasteiger partial charge in [-0.05, 0) is 60.8 Å². The normalized spacial score (nSPS) is 11.2. The highest BCUT2D eigenvalue weighted by Crippen LogP contribution is 2.33. The van der Waals surface area contributed by atoms with Gasteiger partial charge in [-0.2, -0.15) is 13.2 Å². The first-order valence-corrected chi connectivity index (χ1v) is 9.32. The number of nitrogens with one attached hydrogen (secondary N) is 2. The molecule has 2 amide bonds. The van der Waals surface area contributed by atoms with Crippen LogP contribution < -0.4 is 10.6 Å². The molecular formula is C21H16ClF3N4O2. The van der Waals surface area contributed by atoms with E-state index in [-0.39, 0.29) is 27.7 Å². The average Bonchev–Trinajstić information content (AvgIpc) is 2.70. The van der Waals surface area contributed by atoms with Crippen molar-refractivity contribution in [2.24, 2.45) is 0 Å². The molecule has 1 aromatic heterocycles. The first kappa shape index (κ1) is 22.2. The summed E-state index contributed by atoms with van der Waals surface area (Å²) >= 11 is 5.62. The largest absolute Gasteiger partial charge is 0.416 e. The molecule has 0 saturated heterocycles. The predicted molar refractivity (Wildman–Crippen MR) is 110 cm³/mol. The zero-order valence-corrected chi connectivity index (χ0v) is 17.1. The number of hydrogen-bond acceptors (Lipinski definition) is 4. The minimum absolute atomic E-state index is 0.0313. The van der Waals surface area contributed by atoms with Crippen LogP contribution in [-0.4, -0.2) is 21.8 Å². The SMILES string of the molecule is Cc1ccc(NC(=O)c2cccc(C(F)(F)F)c2C)cc1C(=O)Nc1cnc(Cl)nc1. The number of aryl methyl sites for hydroxylation is 1. The van der Waals surface area contributed by atoms with E-state index in [4.69, 9.17) is 11.6 Å². The molecule has 31 heavy (non-hydrogen) atoms. The van der Waals surface area contributed by atoms with Crippen LogP contribution >= 0.6 is 11.6 Å². The lowest BCUT2D eigenvalue weighted by atomic mass is 10.0. The van der Waals surface area contributed by atoms with Gasteiger partial charge in [-0.1, -0.05) is 12.1 Å². The number of halogens is 4. The lowest BCUT2D eigenvalue weighted by molar-refractivity contribution is -0.138. The number of anilines is 2. The summed E-state index contributed by atoms with van der Waals surface area (Å²) in [5, 5.41) is 5.19. The molecule has 2 aromatic carbocycles. The molecule has 3 rings (SSSR count). The Bertz CT molecular complexity index is 1150. The van der Waals surface area contributed by atoms with Gasteiger partial charge >= 0.3 is 6.18 Å². The lowest BCUT2D eigenvalue weighted by Crippen LogP contribution is -2.18. The van der Waals surface area contributed by atoms with E-state index in [1.54, 1.807) is 19.1 Å². The van der Waals surface area contributed by atoms with Gasteiger partial charge in [-0.3, -0.25) is 9.59 Å². The Hall–Kier alpha value is -3.46. The van der Waals surface area contributed by atoms with Crippen LogP contribution in [0, 0.1) is 13.8 Å². The molecule has 10 heteroatoms. The summed E-state index contributed by atoms with van der Waals surface area (Å²) in [5.74, 6) is -1.19. The number of hydrogen-bond donors (Lipinski definition) is 2.